The van der Waals surface area contributed by atoms with Crippen LogP contribution in [0.5, 0.6) is 0 Å². The summed E-state index contributed by atoms with van der Waals surface area (Å²) in [6.45, 7) is 6.85. The molecule has 1 N–H and O–H groups in total. The van der Waals surface area contributed by atoms with E-state index in [1.54, 1.807) is 22.8 Å². The molecule has 0 spiro atoms. The van der Waals surface area contributed by atoms with Crippen LogP contribution < -0.4 is 15.8 Å². The third kappa shape index (κ3) is 4.83. The summed E-state index contributed by atoms with van der Waals surface area (Å²) in [5.74, 6) is 0.461. The van der Waals surface area contributed by atoms with Crippen molar-refractivity contribution >= 4 is 22.8 Å². The number of fused-ring (bicyclic) bond motifs is 1. The highest BCUT2D eigenvalue weighted by atomic mass is 16.5. The van der Waals surface area contributed by atoms with Crippen molar-refractivity contribution in [2.75, 3.05) is 31.1 Å². The Morgan fingerprint density at radius 2 is 1.88 bits per heavy atom. The summed E-state index contributed by atoms with van der Waals surface area (Å²) >= 11 is 0. The molecule has 0 atom stereocenters. The lowest BCUT2D eigenvalue weighted by atomic mass is 10.1. The minimum absolute atomic E-state index is 0.124. The van der Waals surface area contributed by atoms with Gasteiger partial charge >= 0.3 is 0 Å². The minimum Gasteiger partial charge on any atom is -0.379 e. The molecule has 0 unspecified atom stereocenters. The van der Waals surface area contributed by atoms with Gasteiger partial charge in [0.15, 0.2) is 0 Å². The molecule has 1 amide bonds. The Balaban J connectivity index is 1.65. The molecule has 2 aromatic carbocycles. The van der Waals surface area contributed by atoms with Crippen LogP contribution in [-0.2, 0) is 4.74 Å². The molecule has 0 saturated carbocycles. The van der Waals surface area contributed by atoms with E-state index in [0.717, 1.165) is 38.0 Å². The molecule has 1 aromatic heterocycles. The van der Waals surface area contributed by atoms with Crippen LogP contribution in [0, 0.1) is 0 Å². The van der Waals surface area contributed by atoms with Gasteiger partial charge in [-0.3, -0.25) is 9.59 Å². The first-order chi connectivity index (χ1) is 15.5. The molecule has 32 heavy (non-hydrogen) atoms. The van der Waals surface area contributed by atoms with Gasteiger partial charge in [0.1, 0.15) is 0 Å². The lowest BCUT2D eigenvalue weighted by Gasteiger charge is -2.22. The van der Waals surface area contributed by atoms with Crippen molar-refractivity contribution in [3.8, 4) is 5.69 Å². The van der Waals surface area contributed by atoms with E-state index in [1.165, 1.54) is 0 Å². The SMILES string of the molecule is CC(C)OCCCNC(=O)c1ccc2c(=O)n(-c3ccccc3)c(N3CCCC3)nc2c1. The number of amides is 1. The van der Waals surface area contributed by atoms with Crippen LogP contribution in [0.15, 0.2) is 53.3 Å². The number of ether oxygens (including phenoxy) is 1. The average Bonchev–Trinajstić information content (AvgIpc) is 3.33. The van der Waals surface area contributed by atoms with Crippen molar-refractivity contribution in [2.45, 2.75) is 39.2 Å². The van der Waals surface area contributed by atoms with Crippen LogP contribution in [0.4, 0.5) is 5.95 Å². The van der Waals surface area contributed by atoms with E-state index < -0.39 is 0 Å². The molecule has 7 heteroatoms. The Hall–Kier alpha value is -3.19. The van der Waals surface area contributed by atoms with E-state index in [-0.39, 0.29) is 17.6 Å². The summed E-state index contributed by atoms with van der Waals surface area (Å²) in [4.78, 5) is 33.1. The van der Waals surface area contributed by atoms with E-state index >= 15 is 0 Å². The van der Waals surface area contributed by atoms with Crippen molar-refractivity contribution in [1.29, 1.82) is 0 Å². The molecule has 1 fully saturated rings. The smallest absolute Gasteiger partial charge is 0.267 e. The second kappa shape index (κ2) is 9.96. The second-order valence-electron chi connectivity index (χ2n) is 8.34. The fraction of sp³-hybridized carbons (Fsp3) is 0.400. The Labute approximate surface area is 188 Å². The summed E-state index contributed by atoms with van der Waals surface area (Å²) in [6.07, 6.45) is 3.08. The lowest BCUT2D eigenvalue weighted by Crippen LogP contribution is -2.30. The van der Waals surface area contributed by atoms with Crippen LogP contribution in [-0.4, -0.2) is 47.8 Å². The van der Waals surface area contributed by atoms with Gasteiger partial charge in [0.25, 0.3) is 11.5 Å². The number of para-hydroxylation sites is 1. The van der Waals surface area contributed by atoms with Crippen molar-refractivity contribution < 1.29 is 9.53 Å². The Morgan fingerprint density at radius 3 is 2.59 bits per heavy atom. The predicted molar refractivity (Wildman–Crippen MR) is 127 cm³/mol. The number of aromatic nitrogens is 2. The monoisotopic (exact) mass is 434 g/mol. The van der Waals surface area contributed by atoms with Gasteiger partial charge < -0.3 is 15.0 Å². The standard InChI is InChI=1S/C25H30N4O3/c1-18(2)32-16-8-13-26-23(30)19-11-12-21-22(17-19)27-25(28-14-6-7-15-28)29(24(21)31)20-9-4-3-5-10-20/h3-5,9-12,17-18H,6-8,13-16H2,1-2H3,(H,26,30). The van der Waals surface area contributed by atoms with Gasteiger partial charge in [0.2, 0.25) is 5.95 Å². The van der Waals surface area contributed by atoms with Crippen molar-refractivity contribution in [3.63, 3.8) is 0 Å². The van der Waals surface area contributed by atoms with E-state index in [9.17, 15) is 9.59 Å². The highest BCUT2D eigenvalue weighted by Gasteiger charge is 2.21. The normalized spacial score (nSPS) is 13.8. The van der Waals surface area contributed by atoms with E-state index in [1.807, 2.05) is 44.2 Å². The summed E-state index contributed by atoms with van der Waals surface area (Å²) in [7, 11) is 0. The van der Waals surface area contributed by atoms with Crippen LogP contribution in [0.1, 0.15) is 43.5 Å². The minimum atomic E-state index is -0.173. The first-order valence-electron chi connectivity index (χ1n) is 11.3. The number of benzene rings is 2. The zero-order valence-electron chi connectivity index (χ0n) is 18.7. The fourth-order valence-corrected chi connectivity index (χ4v) is 3.95. The van der Waals surface area contributed by atoms with Gasteiger partial charge in [0.05, 0.1) is 22.7 Å². The topological polar surface area (TPSA) is 76.5 Å². The van der Waals surface area contributed by atoms with E-state index in [2.05, 4.69) is 10.2 Å². The average molecular weight is 435 g/mol. The summed E-state index contributed by atoms with van der Waals surface area (Å²) in [6, 6.07) is 14.7. The third-order valence-corrected chi connectivity index (χ3v) is 5.58. The van der Waals surface area contributed by atoms with E-state index in [0.29, 0.717) is 35.6 Å². The van der Waals surface area contributed by atoms with Crippen LogP contribution in [0.3, 0.4) is 0 Å². The number of nitrogens with zero attached hydrogens (tertiary/aromatic N) is 3. The fourth-order valence-electron chi connectivity index (χ4n) is 3.95. The Kier molecular flexibility index (Phi) is 6.85. The molecule has 2 heterocycles. The molecule has 1 saturated heterocycles. The number of carbonyl (C=O) groups excluding carboxylic acids is 1. The van der Waals surface area contributed by atoms with Crippen molar-refractivity contribution in [3.05, 3.63) is 64.4 Å². The molecular weight excluding hydrogens is 404 g/mol. The molecule has 3 aromatic rings. The number of nitrogens with one attached hydrogen (secondary N) is 1. The molecule has 0 bridgehead atoms. The summed E-state index contributed by atoms with van der Waals surface area (Å²) < 4.78 is 7.19. The molecule has 0 aliphatic carbocycles. The van der Waals surface area contributed by atoms with Crippen LogP contribution >= 0.6 is 0 Å². The molecule has 1 aliphatic heterocycles. The summed E-state index contributed by atoms with van der Waals surface area (Å²) in [5, 5.41) is 3.42. The molecule has 0 radical (unpaired) electrons. The molecule has 1 aliphatic rings. The Morgan fingerprint density at radius 1 is 1.12 bits per heavy atom. The maximum Gasteiger partial charge on any atom is 0.267 e. The molecule has 168 valence electrons. The maximum atomic E-state index is 13.5. The molecule has 4 rings (SSSR count). The lowest BCUT2D eigenvalue weighted by molar-refractivity contribution is 0.0757. The predicted octanol–water partition coefficient (Wildman–Crippen LogP) is 3.53. The quantitative estimate of drug-likeness (QED) is 0.549. The van der Waals surface area contributed by atoms with Gasteiger partial charge in [-0.2, -0.15) is 0 Å². The number of carbonyl (C=O) groups is 1. The largest absolute Gasteiger partial charge is 0.379 e. The van der Waals surface area contributed by atoms with Crippen molar-refractivity contribution in [2.24, 2.45) is 0 Å². The first-order valence-corrected chi connectivity index (χ1v) is 11.3. The number of anilines is 1. The van der Waals surface area contributed by atoms with Crippen LogP contribution in [0.25, 0.3) is 16.6 Å². The summed E-state index contributed by atoms with van der Waals surface area (Å²) in [5.41, 5.74) is 1.71. The number of rotatable bonds is 8. The third-order valence-electron chi connectivity index (χ3n) is 5.58. The molecule has 7 nitrogen and oxygen atoms in total. The van der Waals surface area contributed by atoms with Gasteiger partial charge in [-0.15, -0.1) is 0 Å². The second-order valence-corrected chi connectivity index (χ2v) is 8.34. The number of hydrogen-bond donors (Lipinski definition) is 1. The van der Waals surface area contributed by atoms with Gasteiger partial charge in [0, 0.05) is 31.8 Å². The highest BCUT2D eigenvalue weighted by molar-refractivity contribution is 5.97. The number of hydrogen-bond acceptors (Lipinski definition) is 5. The first kappa shape index (κ1) is 22.0. The zero-order valence-corrected chi connectivity index (χ0v) is 18.7. The van der Waals surface area contributed by atoms with Crippen molar-refractivity contribution in [1.82, 2.24) is 14.9 Å². The van der Waals surface area contributed by atoms with E-state index in [4.69, 9.17) is 9.72 Å². The van der Waals surface area contributed by atoms with Crippen LogP contribution in [0.2, 0.25) is 0 Å². The van der Waals surface area contributed by atoms with Gasteiger partial charge in [-0.1, -0.05) is 18.2 Å². The highest BCUT2D eigenvalue weighted by Crippen LogP contribution is 2.23. The van der Waals surface area contributed by atoms with Gasteiger partial charge in [-0.25, -0.2) is 9.55 Å². The maximum absolute atomic E-state index is 13.5. The van der Waals surface area contributed by atoms with Gasteiger partial charge in [-0.05, 0) is 63.4 Å². The molecular formula is C25H30N4O3. The Bertz CT molecular complexity index is 1140. The zero-order chi connectivity index (χ0) is 22.5.